The minimum Gasteiger partial charge on any atom is -0.497 e. The highest BCUT2D eigenvalue weighted by atomic mass is 16.5. The summed E-state index contributed by atoms with van der Waals surface area (Å²) in [7, 11) is 1.59. The molecule has 2 fully saturated rings. The molecular weight excluding hydrogens is 418 g/mol. The topological polar surface area (TPSA) is 82.1 Å². The summed E-state index contributed by atoms with van der Waals surface area (Å²) in [5, 5.41) is 13.3. The zero-order valence-corrected chi connectivity index (χ0v) is 19.4. The van der Waals surface area contributed by atoms with E-state index in [9.17, 15) is 14.7 Å². The Balaban J connectivity index is 1.33. The van der Waals surface area contributed by atoms with Crippen LogP contribution in [0.1, 0.15) is 40.7 Å². The molecule has 4 rings (SSSR count). The molecule has 0 aliphatic carbocycles. The van der Waals surface area contributed by atoms with Gasteiger partial charge in [-0.15, -0.1) is 0 Å². The number of β-amino-alcohol motifs (C(OH)–C–C–N with tert-alkyl or cyclic N) is 1. The van der Waals surface area contributed by atoms with Crippen LogP contribution in [0, 0.1) is 6.92 Å². The van der Waals surface area contributed by atoms with E-state index < -0.39 is 6.10 Å². The fourth-order valence-electron chi connectivity index (χ4n) is 4.85. The fourth-order valence-corrected chi connectivity index (χ4v) is 4.85. The van der Waals surface area contributed by atoms with Gasteiger partial charge in [0.1, 0.15) is 5.75 Å². The first-order valence-corrected chi connectivity index (χ1v) is 11.6. The van der Waals surface area contributed by atoms with Crippen molar-refractivity contribution in [2.75, 3.05) is 26.7 Å². The third kappa shape index (κ3) is 5.54. The van der Waals surface area contributed by atoms with E-state index in [0.29, 0.717) is 43.9 Å². The molecule has 2 amide bonds. The molecule has 2 saturated heterocycles. The molecule has 0 bridgehead atoms. The lowest BCUT2D eigenvalue weighted by molar-refractivity contribution is -0.126. The highest BCUT2D eigenvalue weighted by molar-refractivity contribution is 5.94. The maximum absolute atomic E-state index is 13.0. The molecule has 0 aromatic heterocycles. The summed E-state index contributed by atoms with van der Waals surface area (Å²) in [5.74, 6) is 0.629. The molecule has 2 aromatic rings. The normalized spacial score (nSPS) is 21.7. The summed E-state index contributed by atoms with van der Waals surface area (Å²) < 4.78 is 5.24. The first-order valence-electron chi connectivity index (χ1n) is 11.6. The number of nitrogens with one attached hydrogen (secondary N) is 1. The van der Waals surface area contributed by atoms with E-state index >= 15 is 0 Å². The molecule has 0 unspecified atom stereocenters. The monoisotopic (exact) mass is 451 g/mol. The van der Waals surface area contributed by atoms with Crippen LogP contribution in [0.25, 0.3) is 0 Å². The molecular formula is C26H33N3O4. The Bertz CT molecular complexity index is 970. The third-order valence-electron chi connectivity index (χ3n) is 6.74. The Morgan fingerprint density at radius 1 is 1.12 bits per heavy atom. The van der Waals surface area contributed by atoms with E-state index in [-0.39, 0.29) is 23.9 Å². The summed E-state index contributed by atoms with van der Waals surface area (Å²) in [5.41, 5.74) is 2.87. The molecule has 33 heavy (non-hydrogen) atoms. The van der Waals surface area contributed by atoms with Gasteiger partial charge in [-0.05, 0) is 49.9 Å². The van der Waals surface area contributed by atoms with Crippen molar-refractivity contribution in [1.82, 2.24) is 15.1 Å². The Labute approximate surface area is 195 Å². The molecule has 2 aliphatic rings. The number of benzene rings is 2. The van der Waals surface area contributed by atoms with Crippen LogP contribution in [0.2, 0.25) is 0 Å². The second-order valence-corrected chi connectivity index (χ2v) is 9.06. The van der Waals surface area contributed by atoms with Crippen LogP contribution < -0.4 is 10.1 Å². The summed E-state index contributed by atoms with van der Waals surface area (Å²) in [6, 6.07) is 15.2. The van der Waals surface area contributed by atoms with E-state index in [1.165, 1.54) is 5.56 Å². The molecule has 2 aliphatic heterocycles. The number of piperidine rings is 1. The highest BCUT2D eigenvalue weighted by Gasteiger charge is 2.41. The number of nitrogens with zero attached hydrogens (tertiary/aromatic N) is 2. The quantitative estimate of drug-likeness (QED) is 0.705. The van der Waals surface area contributed by atoms with Gasteiger partial charge < -0.3 is 20.1 Å². The molecule has 7 heteroatoms. The lowest BCUT2D eigenvalue weighted by Gasteiger charge is -2.39. The zero-order chi connectivity index (χ0) is 23.4. The van der Waals surface area contributed by atoms with E-state index in [1.807, 2.05) is 54.3 Å². The van der Waals surface area contributed by atoms with Crippen LogP contribution in [0.4, 0.5) is 0 Å². The Morgan fingerprint density at radius 3 is 2.55 bits per heavy atom. The molecule has 2 aromatic carbocycles. The van der Waals surface area contributed by atoms with Gasteiger partial charge in [0.2, 0.25) is 5.91 Å². The number of aliphatic hydroxyl groups is 1. The van der Waals surface area contributed by atoms with Crippen LogP contribution >= 0.6 is 0 Å². The number of carbonyl (C=O) groups excluding carboxylic acids is 2. The Morgan fingerprint density at radius 2 is 1.85 bits per heavy atom. The zero-order valence-electron chi connectivity index (χ0n) is 19.4. The first kappa shape index (κ1) is 23.3. The van der Waals surface area contributed by atoms with E-state index in [2.05, 4.69) is 10.2 Å². The van der Waals surface area contributed by atoms with Crippen LogP contribution in [0.5, 0.6) is 5.75 Å². The number of hydrogen-bond donors (Lipinski definition) is 2. The molecule has 2 heterocycles. The van der Waals surface area contributed by atoms with Gasteiger partial charge >= 0.3 is 0 Å². The van der Waals surface area contributed by atoms with Crippen molar-refractivity contribution in [2.45, 2.75) is 50.9 Å². The van der Waals surface area contributed by atoms with Crippen LogP contribution in [0.15, 0.2) is 48.5 Å². The maximum Gasteiger partial charge on any atom is 0.253 e. The fraction of sp³-hybridized carbons (Fsp3) is 0.462. The number of rotatable bonds is 6. The highest BCUT2D eigenvalue weighted by Crippen LogP contribution is 2.27. The number of ether oxygens (including phenoxy) is 1. The number of aliphatic hydroxyl groups excluding tert-OH is 1. The summed E-state index contributed by atoms with van der Waals surface area (Å²) in [6.45, 7) is 4.27. The number of likely N-dealkylation sites (tertiary alicyclic amines) is 2. The average molecular weight is 452 g/mol. The molecule has 0 spiro atoms. The molecule has 2 N–H and O–H groups in total. The summed E-state index contributed by atoms with van der Waals surface area (Å²) >= 11 is 0. The van der Waals surface area contributed by atoms with Gasteiger partial charge in [-0.25, -0.2) is 0 Å². The van der Waals surface area contributed by atoms with Crippen molar-refractivity contribution in [3.8, 4) is 5.75 Å². The Hall–Kier alpha value is -2.90. The predicted molar refractivity (Wildman–Crippen MR) is 126 cm³/mol. The molecule has 0 saturated carbocycles. The first-order chi connectivity index (χ1) is 15.9. The SMILES string of the molecule is COc1cccc(C(=O)N2CCC(N3C[C@H](O)C[C@H]3C(=O)NCc3ccc(C)cc3)CC2)c1. The second-order valence-electron chi connectivity index (χ2n) is 9.06. The largest absolute Gasteiger partial charge is 0.497 e. The predicted octanol–water partition coefficient (Wildman–Crippen LogP) is 2.36. The van der Waals surface area contributed by atoms with Crippen molar-refractivity contribution in [3.05, 3.63) is 65.2 Å². The number of methoxy groups -OCH3 is 1. The van der Waals surface area contributed by atoms with Gasteiger partial charge in [0.25, 0.3) is 5.91 Å². The van der Waals surface area contributed by atoms with Crippen molar-refractivity contribution in [3.63, 3.8) is 0 Å². The smallest absolute Gasteiger partial charge is 0.253 e. The van der Waals surface area contributed by atoms with Gasteiger partial charge in [0, 0.05) is 37.8 Å². The van der Waals surface area contributed by atoms with Gasteiger partial charge in [-0.3, -0.25) is 14.5 Å². The maximum atomic E-state index is 13.0. The van der Waals surface area contributed by atoms with Gasteiger partial charge in [0.15, 0.2) is 0 Å². The van der Waals surface area contributed by atoms with Gasteiger partial charge in [0.05, 0.1) is 19.3 Å². The van der Waals surface area contributed by atoms with Crippen molar-refractivity contribution < 1.29 is 19.4 Å². The van der Waals surface area contributed by atoms with Gasteiger partial charge in [-0.1, -0.05) is 35.9 Å². The minimum atomic E-state index is -0.503. The standard InChI is InChI=1S/C26H33N3O4/c1-18-6-8-19(9-7-18)16-27-25(31)24-15-22(30)17-29(24)21-10-12-28(13-11-21)26(32)20-4-3-5-23(14-20)33-2/h3-9,14,21-22,24,30H,10-13,15-17H2,1-2H3,(H,27,31)/t22-,24+/m1/s1. The van der Waals surface area contributed by atoms with Crippen molar-refractivity contribution >= 4 is 11.8 Å². The van der Waals surface area contributed by atoms with Crippen LogP contribution in [-0.2, 0) is 11.3 Å². The average Bonchev–Trinajstić information content (AvgIpc) is 3.25. The van der Waals surface area contributed by atoms with Crippen LogP contribution in [0.3, 0.4) is 0 Å². The molecule has 176 valence electrons. The summed E-state index contributed by atoms with van der Waals surface area (Å²) in [4.78, 5) is 29.9. The lowest BCUT2D eigenvalue weighted by atomic mass is 10.0. The third-order valence-corrected chi connectivity index (χ3v) is 6.74. The lowest BCUT2D eigenvalue weighted by Crippen LogP contribution is -2.52. The molecule has 7 nitrogen and oxygen atoms in total. The van der Waals surface area contributed by atoms with E-state index in [1.54, 1.807) is 13.2 Å². The van der Waals surface area contributed by atoms with E-state index in [4.69, 9.17) is 4.74 Å². The number of carbonyl (C=O) groups is 2. The number of hydrogen-bond acceptors (Lipinski definition) is 5. The second kappa shape index (κ2) is 10.4. The minimum absolute atomic E-state index is 0.00111. The number of amides is 2. The van der Waals surface area contributed by atoms with Crippen molar-refractivity contribution in [1.29, 1.82) is 0 Å². The van der Waals surface area contributed by atoms with E-state index in [0.717, 1.165) is 18.4 Å². The number of aryl methyl sites for hydroxylation is 1. The van der Waals surface area contributed by atoms with Crippen molar-refractivity contribution in [2.24, 2.45) is 0 Å². The van der Waals surface area contributed by atoms with Gasteiger partial charge in [-0.2, -0.15) is 0 Å². The van der Waals surface area contributed by atoms with Crippen LogP contribution in [-0.4, -0.2) is 71.7 Å². The summed E-state index contributed by atoms with van der Waals surface area (Å²) in [6.07, 6.45) is 1.51. The Kier molecular flexibility index (Phi) is 7.30. The molecule has 2 atom stereocenters. The molecule has 0 radical (unpaired) electrons.